The molecule has 0 spiro atoms. The Balaban J connectivity index is 2.03. The third-order valence-electron chi connectivity index (χ3n) is 3.70. The first-order chi connectivity index (χ1) is 9.63. The molecule has 20 heavy (non-hydrogen) atoms. The lowest BCUT2D eigenvalue weighted by Crippen LogP contribution is -2.41. The molecule has 4 nitrogen and oxygen atoms in total. The number of hydrogen-bond acceptors (Lipinski definition) is 3. The Hall–Kier alpha value is -1.57. The standard InChI is InChI=1S/C15H18ClN3O/c1-18-15(20)13-3-2-6-19(10-13)9-12-5-4-11(8-17)7-14(12)16/h4-5,7,13H,2-3,6,9-10H2,1H3,(H,18,20). The van der Waals surface area contributed by atoms with E-state index in [2.05, 4.69) is 16.3 Å². The van der Waals surface area contributed by atoms with E-state index in [0.717, 1.165) is 38.0 Å². The fourth-order valence-electron chi connectivity index (χ4n) is 2.60. The average Bonchev–Trinajstić information content (AvgIpc) is 2.48. The zero-order chi connectivity index (χ0) is 14.5. The van der Waals surface area contributed by atoms with Crippen LogP contribution in [-0.2, 0) is 11.3 Å². The van der Waals surface area contributed by atoms with E-state index in [1.54, 1.807) is 19.2 Å². The van der Waals surface area contributed by atoms with Crippen LogP contribution in [0.15, 0.2) is 18.2 Å². The van der Waals surface area contributed by atoms with Crippen LogP contribution < -0.4 is 5.32 Å². The van der Waals surface area contributed by atoms with E-state index >= 15 is 0 Å². The fourth-order valence-corrected chi connectivity index (χ4v) is 2.84. The minimum atomic E-state index is 0.0610. The summed E-state index contributed by atoms with van der Waals surface area (Å²) in [4.78, 5) is 14.0. The lowest BCUT2D eigenvalue weighted by atomic mass is 9.96. The lowest BCUT2D eigenvalue weighted by molar-refractivity contribution is -0.126. The number of carbonyl (C=O) groups is 1. The Bertz CT molecular complexity index is 538. The molecule has 0 radical (unpaired) electrons. The van der Waals surface area contributed by atoms with Crippen LogP contribution in [0.4, 0.5) is 0 Å². The fraction of sp³-hybridized carbons (Fsp3) is 0.467. The first-order valence-electron chi connectivity index (χ1n) is 6.76. The molecule has 0 aliphatic carbocycles. The van der Waals surface area contributed by atoms with Gasteiger partial charge in [0.25, 0.3) is 0 Å². The molecule has 1 aromatic carbocycles. The van der Waals surface area contributed by atoms with Gasteiger partial charge in [-0.25, -0.2) is 0 Å². The molecule has 5 heteroatoms. The number of nitrogens with zero attached hydrogens (tertiary/aromatic N) is 2. The van der Waals surface area contributed by atoms with E-state index in [-0.39, 0.29) is 11.8 Å². The summed E-state index contributed by atoms with van der Waals surface area (Å²) < 4.78 is 0. The number of rotatable bonds is 3. The molecule has 106 valence electrons. The van der Waals surface area contributed by atoms with Gasteiger partial charge in [0.15, 0.2) is 0 Å². The molecule has 1 aliphatic heterocycles. The summed E-state index contributed by atoms with van der Waals surface area (Å²) in [6.45, 7) is 2.46. The van der Waals surface area contributed by atoms with Crippen LogP contribution in [0.1, 0.15) is 24.0 Å². The second-order valence-corrected chi connectivity index (χ2v) is 5.51. The molecule has 1 unspecified atom stereocenters. The molecule has 0 saturated carbocycles. The first-order valence-corrected chi connectivity index (χ1v) is 7.14. The van der Waals surface area contributed by atoms with Crippen LogP contribution in [0.3, 0.4) is 0 Å². The molecule has 2 rings (SSSR count). The molecule has 0 aromatic heterocycles. The Morgan fingerprint density at radius 1 is 1.60 bits per heavy atom. The van der Waals surface area contributed by atoms with Crippen LogP contribution in [0.25, 0.3) is 0 Å². The highest BCUT2D eigenvalue weighted by Gasteiger charge is 2.25. The van der Waals surface area contributed by atoms with Crippen molar-refractivity contribution >= 4 is 17.5 Å². The molecule has 1 aliphatic rings. The number of nitrogens with one attached hydrogen (secondary N) is 1. The number of likely N-dealkylation sites (tertiary alicyclic amines) is 1. The van der Waals surface area contributed by atoms with Crippen LogP contribution in [0, 0.1) is 17.2 Å². The molecule has 1 heterocycles. The Labute approximate surface area is 124 Å². The van der Waals surface area contributed by atoms with Crippen LogP contribution in [0.5, 0.6) is 0 Å². The molecular weight excluding hydrogens is 274 g/mol. The summed E-state index contributed by atoms with van der Waals surface area (Å²) in [5, 5.41) is 12.2. The minimum Gasteiger partial charge on any atom is -0.359 e. The Morgan fingerprint density at radius 3 is 3.05 bits per heavy atom. The molecule has 1 amide bonds. The summed E-state index contributed by atoms with van der Waals surface area (Å²) >= 11 is 6.20. The zero-order valence-corrected chi connectivity index (χ0v) is 12.3. The smallest absolute Gasteiger partial charge is 0.224 e. The van der Waals surface area contributed by atoms with Gasteiger partial charge in [-0.1, -0.05) is 17.7 Å². The highest BCUT2D eigenvalue weighted by molar-refractivity contribution is 6.31. The largest absolute Gasteiger partial charge is 0.359 e. The van der Waals surface area contributed by atoms with Gasteiger partial charge < -0.3 is 5.32 Å². The van der Waals surface area contributed by atoms with Gasteiger partial charge in [0, 0.05) is 25.2 Å². The maximum Gasteiger partial charge on any atom is 0.224 e. The SMILES string of the molecule is CNC(=O)C1CCCN(Cc2ccc(C#N)cc2Cl)C1. The Kier molecular flexibility index (Phi) is 4.99. The van der Waals surface area contributed by atoms with E-state index in [0.29, 0.717) is 10.6 Å². The molecule has 1 N–H and O–H groups in total. The maximum atomic E-state index is 11.7. The number of halogens is 1. The van der Waals surface area contributed by atoms with Crippen molar-refractivity contribution in [2.75, 3.05) is 20.1 Å². The van der Waals surface area contributed by atoms with Crippen molar-refractivity contribution in [2.45, 2.75) is 19.4 Å². The topological polar surface area (TPSA) is 56.1 Å². The zero-order valence-electron chi connectivity index (χ0n) is 11.5. The number of carbonyl (C=O) groups excluding carboxylic acids is 1. The van der Waals surface area contributed by atoms with Gasteiger partial charge in [-0.15, -0.1) is 0 Å². The summed E-state index contributed by atoms with van der Waals surface area (Å²) in [7, 11) is 1.68. The van der Waals surface area contributed by atoms with Crippen molar-refractivity contribution in [3.63, 3.8) is 0 Å². The second-order valence-electron chi connectivity index (χ2n) is 5.11. The van der Waals surface area contributed by atoms with Crippen molar-refractivity contribution in [1.82, 2.24) is 10.2 Å². The highest BCUT2D eigenvalue weighted by Crippen LogP contribution is 2.23. The van der Waals surface area contributed by atoms with Gasteiger partial charge >= 0.3 is 0 Å². The van der Waals surface area contributed by atoms with Crippen molar-refractivity contribution in [1.29, 1.82) is 5.26 Å². The van der Waals surface area contributed by atoms with Gasteiger partial charge in [-0.2, -0.15) is 5.26 Å². The number of hydrogen-bond donors (Lipinski definition) is 1. The van der Waals surface area contributed by atoms with E-state index in [1.807, 2.05) is 6.07 Å². The predicted molar refractivity (Wildman–Crippen MR) is 78.2 cm³/mol. The lowest BCUT2D eigenvalue weighted by Gasteiger charge is -2.31. The van der Waals surface area contributed by atoms with Crippen LogP contribution >= 0.6 is 11.6 Å². The first kappa shape index (κ1) is 14.8. The summed E-state index contributed by atoms with van der Waals surface area (Å²) in [5.41, 5.74) is 1.57. The maximum absolute atomic E-state index is 11.7. The van der Waals surface area contributed by atoms with Crippen LogP contribution in [-0.4, -0.2) is 30.9 Å². The quantitative estimate of drug-likeness (QED) is 0.928. The summed E-state index contributed by atoms with van der Waals surface area (Å²) in [6.07, 6.45) is 1.96. The van der Waals surface area contributed by atoms with Gasteiger partial charge in [-0.05, 0) is 37.1 Å². The average molecular weight is 292 g/mol. The number of piperidine rings is 1. The third-order valence-corrected chi connectivity index (χ3v) is 4.05. The molecule has 1 aromatic rings. The van der Waals surface area contributed by atoms with Crippen molar-refractivity contribution in [2.24, 2.45) is 5.92 Å². The predicted octanol–water partition coefficient (Wildman–Crippen LogP) is 2.17. The Morgan fingerprint density at radius 2 is 2.40 bits per heavy atom. The molecule has 1 atom stereocenters. The number of amides is 1. The van der Waals surface area contributed by atoms with E-state index in [4.69, 9.17) is 16.9 Å². The normalized spacial score (nSPS) is 19.4. The molecular formula is C15H18ClN3O. The summed E-state index contributed by atoms with van der Waals surface area (Å²) in [5.74, 6) is 0.173. The number of nitriles is 1. The molecule has 1 saturated heterocycles. The summed E-state index contributed by atoms with van der Waals surface area (Å²) in [6, 6.07) is 7.44. The van der Waals surface area contributed by atoms with Crippen molar-refractivity contribution in [3.05, 3.63) is 34.3 Å². The molecule has 0 bridgehead atoms. The highest BCUT2D eigenvalue weighted by atomic mass is 35.5. The monoisotopic (exact) mass is 291 g/mol. The number of benzene rings is 1. The third kappa shape index (κ3) is 3.50. The van der Waals surface area contributed by atoms with Gasteiger partial charge in [0.05, 0.1) is 17.6 Å². The van der Waals surface area contributed by atoms with E-state index < -0.39 is 0 Å². The molecule has 1 fully saturated rings. The van der Waals surface area contributed by atoms with E-state index in [1.165, 1.54) is 0 Å². The van der Waals surface area contributed by atoms with Gasteiger partial charge in [0.1, 0.15) is 0 Å². The van der Waals surface area contributed by atoms with E-state index in [9.17, 15) is 4.79 Å². The van der Waals surface area contributed by atoms with Crippen molar-refractivity contribution in [3.8, 4) is 6.07 Å². The van der Waals surface area contributed by atoms with Crippen LogP contribution in [0.2, 0.25) is 5.02 Å². The van der Waals surface area contributed by atoms with Gasteiger partial charge in [-0.3, -0.25) is 9.69 Å². The minimum absolute atomic E-state index is 0.0610. The second kappa shape index (κ2) is 6.74. The van der Waals surface area contributed by atoms with Gasteiger partial charge in [0.2, 0.25) is 5.91 Å². The van der Waals surface area contributed by atoms with Crippen molar-refractivity contribution < 1.29 is 4.79 Å².